The van der Waals surface area contributed by atoms with Crippen LogP contribution in [-0.2, 0) is 22.3 Å². The number of sulfonamides is 1. The Hall–Kier alpha value is -2.20. The maximum absolute atomic E-state index is 13.5. The fourth-order valence-electron chi connectivity index (χ4n) is 1.95. The summed E-state index contributed by atoms with van der Waals surface area (Å²) < 4.78 is 78.2. The third-order valence-corrected chi connectivity index (χ3v) is 4.46. The van der Waals surface area contributed by atoms with Crippen LogP contribution in [0.5, 0.6) is 0 Å². The molecule has 0 amide bonds. The molecule has 0 unspecified atom stereocenters. The first-order valence-electron chi connectivity index (χ1n) is 6.66. The number of hydrogen-bond acceptors (Lipinski definition) is 4. The fourth-order valence-corrected chi connectivity index (χ4v) is 2.72. The first-order chi connectivity index (χ1) is 11.2. The molecule has 2 rings (SSSR count). The van der Waals surface area contributed by atoms with Crippen molar-refractivity contribution < 1.29 is 26.0 Å². The number of halogens is 4. The van der Waals surface area contributed by atoms with Gasteiger partial charge in [0, 0.05) is 6.54 Å². The van der Waals surface area contributed by atoms with Crippen LogP contribution in [0.25, 0.3) is 0 Å². The number of benzene rings is 1. The van der Waals surface area contributed by atoms with Crippen molar-refractivity contribution in [1.82, 2.24) is 9.71 Å². The molecule has 0 saturated heterocycles. The van der Waals surface area contributed by atoms with Crippen LogP contribution in [-0.4, -0.2) is 20.4 Å². The van der Waals surface area contributed by atoms with Gasteiger partial charge >= 0.3 is 0 Å². The van der Waals surface area contributed by atoms with E-state index in [1.165, 1.54) is 13.1 Å². The molecule has 2 aromatic rings. The van der Waals surface area contributed by atoms with Gasteiger partial charge in [-0.15, -0.1) is 0 Å². The Bertz CT molecular complexity index is 833. The summed E-state index contributed by atoms with van der Waals surface area (Å²) in [4.78, 5) is 2.46. The second-order valence-corrected chi connectivity index (χ2v) is 6.76. The molecule has 0 atom stereocenters. The van der Waals surface area contributed by atoms with Crippen molar-refractivity contribution >= 4 is 15.7 Å². The van der Waals surface area contributed by atoms with Crippen molar-refractivity contribution in [2.75, 3.05) is 12.4 Å². The summed E-state index contributed by atoms with van der Waals surface area (Å²) in [5.74, 6) is -7.07. The van der Waals surface area contributed by atoms with Crippen molar-refractivity contribution in [3.05, 3.63) is 58.9 Å². The van der Waals surface area contributed by atoms with E-state index in [4.69, 9.17) is 0 Å². The summed E-state index contributed by atoms with van der Waals surface area (Å²) in [6.45, 7) is -0.176. The average Bonchev–Trinajstić information content (AvgIpc) is 2.53. The lowest BCUT2D eigenvalue weighted by atomic mass is 10.1. The van der Waals surface area contributed by atoms with Crippen LogP contribution in [0.3, 0.4) is 0 Å². The third-order valence-electron chi connectivity index (χ3n) is 3.13. The number of anilines is 1. The highest BCUT2D eigenvalue weighted by Crippen LogP contribution is 2.22. The Morgan fingerprint density at radius 3 is 2.21 bits per heavy atom. The summed E-state index contributed by atoms with van der Waals surface area (Å²) >= 11 is 0. The van der Waals surface area contributed by atoms with E-state index >= 15 is 0 Å². The lowest BCUT2D eigenvalue weighted by Gasteiger charge is -2.10. The molecule has 1 heterocycles. The Morgan fingerprint density at radius 2 is 1.62 bits per heavy atom. The minimum absolute atomic E-state index is 0.176. The van der Waals surface area contributed by atoms with Crippen molar-refractivity contribution in [3.8, 4) is 0 Å². The van der Waals surface area contributed by atoms with E-state index in [1.807, 2.05) is 0 Å². The van der Waals surface area contributed by atoms with Crippen molar-refractivity contribution in [2.45, 2.75) is 12.3 Å². The molecule has 130 valence electrons. The third kappa shape index (κ3) is 4.20. The van der Waals surface area contributed by atoms with Gasteiger partial charge in [0.2, 0.25) is 21.7 Å². The maximum Gasteiger partial charge on any atom is 0.253 e. The zero-order chi connectivity index (χ0) is 17.9. The molecule has 5 nitrogen and oxygen atoms in total. The maximum atomic E-state index is 13.5. The van der Waals surface area contributed by atoms with Crippen molar-refractivity contribution in [2.24, 2.45) is 0 Å². The number of nitrogens with zero attached hydrogens (tertiary/aromatic N) is 1. The molecule has 0 saturated carbocycles. The first kappa shape index (κ1) is 18.1. The smallest absolute Gasteiger partial charge is 0.253 e. The molecule has 0 aliphatic heterocycles. The summed E-state index contributed by atoms with van der Waals surface area (Å²) in [5.41, 5.74) is -0.0693. The standard InChI is InChI=1S/C14H13F4N3O2S/c1-19-24(22,23)7-9-4-2-3-8(5-9)6-20-12-10(15)13(17)21-14(18)11(12)16/h2-5,19H,6-7H2,1H3,(H,20,21). The number of pyridine rings is 1. The highest BCUT2D eigenvalue weighted by atomic mass is 32.2. The van der Waals surface area contributed by atoms with Crippen LogP contribution in [0.1, 0.15) is 11.1 Å². The van der Waals surface area contributed by atoms with E-state index in [9.17, 15) is 26.0 Å². The topological polar surface area (TPSA) is 71.1 Å². The SMILES string of the molecule is CNS(=O)(=O)Cc1cccc(CNc2c(F)c(F)nc(F)c2F)c1. The van der Waals surface area contributed by atoms with Gasteiger partial charge in [-0.2, -0.15) is 22.5 Å². The number of aromatic nitrogens is 1. The second-order valence-electron chi connectivity index (χ2n) is 4.83. The fraction of sp³-hybridized carbons (Fsp3) is 0.214. The second kappa shape index (κ2) is 7.14. The van der Waals surface area contributed by atoms with E-state index in [0.29, 0.717) is 11.1 Å². The van der Waals surface area contributed by atoms with E-state index in [-0.39, 0.29) is 12.3 Å². The van der Waals surface area contributed by atoms with Crippen molar-refractivity contribution in [1.29, 1.82) is 0 Å². The van der Waals surface area contributed by atoms with Crippen LogP contribution in [0, 0.1) is 23.5 Å². The number of nitrogens with one attached hydrogen (secondary N) is 2. The van der Waals surface area contributed by atoms with Crippen LogP contribution >= 0.6 is 0 Å². The molecule has 24 heavy (non-hydrogen) atoms. The highest BCUT2D eigenvalue weighted by Gasteiger charge is 2.20. The van der Waals surface area contributed by atoms with Gasteiger partial charge in [0.05, 0.1) is 5.75 Å². The minimum atomic E-state index is -3.48. The summed E-state index contributed by atoms with van der Waals surface area (Å²) in [7, 11) is -2.20. The van der Waals surface area contributed by atoms with Gasteiger partial charge in [-0.1, -0.05) is 24.3 Å². The highest BCUT2D eigenvalue weighted by molar-refractivity contribution is 7.88. The van der Waals surface area contributed by atoms with Gasteiger partial charge in [0.25, 0.3) is 11.9 Å². The zero-order valence-electron chi connectivity index (χ0n) is 12.4. The molecule has 0 fully saturated rings. The molecule has 10 heteroatoms. The van der Waals surface area contributed by atoms with Gasteiger partial charge in [-0.25, -0.2) is 13.1 Å². The van der Waals surface area contributed by atoms with Gasteiger partial charge in [0.1, 0.15) is 5.69 Å². The lowest BCUT2D eigenvalue weighted by molar-refractivity contribution is 0.410. The summed E-state index contributed by atoms with van der Waals surface area (Å²) in [5, 5.41) is 2.25. The average molecular weight is 363 g/mol. The molecule has 0 aliphatic rings. The predicted octanol–water partition coefficient (Wildman–Crippen LogP) is 2.30. The van der Waals surface area contributed by atoms with E-state index < -0.39 is 39.2 Å². The molecule has 1 aromatic heterocycles. The number of rotatable bonds is 6. The van der Waals surface area contributed by atoms with E-state index in [0.717, 1.165) is 0 Å². The normalized spacial score (nSPS) is 11.5. The van der Waals surface area contributed by atoms with Crippen molar-refractivity contribution in [3.63, 3.8) is 0 Å². The largest absolute Gasteiger partial charge is 0.376 e. The number of hydrogen-bond donors (Lipinski definition) is 2. The van der Waals surface area contributed by atoms with E-state index in [2.05, 4.69) is 15.0 Å². The first-order valence-corrected chi connectivity index (χ1v) is 8.31. The van der Waals surface area contributed by atoms with E-state index in [1.54, 1.807) is 18.2 Å². The van der Waals surface area contributed by atoms with Crippen LogP contribution in [0.2, 0.25) is 0 Å². The van der Waals surface area contributed by atoms with Gasteiger partial charge in [-0.3, -0.25) is 0 Å². The van der Waals surface area contributed by atoms with Gasteiger partial charge in [0.15, 0.2) is 0 Å². The Balaban J connectivity index is 2.19. The zero-order valence-corrected chi connectivity index (χ0v) is 13.2. The molecular weight excluding hydrogens is 350 g/mol. The molecular formula is C14H13F4N3O2S. The molecule has 0 aliphatic carbocycles. The molecule has 0 spiro atoms. The van der Waals surface area contributed by atoms with Crippen LogP contribution < -0.4 is 10.0 Å². The minimum Gasteiger partial charge on any atom is -0.376 e. The summed E-state index contributed by atoms with van der Waals surface area (Å²) in [6, 6.07) is 6.17. The van der Waals surface area contributed by atoms with Crippen LogP contribution in [0.15, 0.2) is 24.3 Å². The Labute approximate surface area is 135 Å². The van der Waals surface area contributed by atoms with Crippen LogP contribution in [0.4, 0.5) is 23.2 Å². The molecule has 1 aromatic carbocycles. The predicted molar refractivity (Wildman–Crippen MR) is 79.5 cm³/mol. The lowest BCUT2D eigenvalue weighted by Crippen LogP contribution is -2.20. The molecule has 0 radical (unpaired) electrons. The van der Waals surface area contributed by atoms with Gasteiger partial charge in [-0.05, 0) is 18.2 Å². The monoisotopic (exact) mass is 363 g/mol. The quantitative estimate of drug-likeness (QED) is 0.610. The Kier molecular flexibility index (Phi) is 5.40. The summed E-state index contributed by atoms with van der Waals surface area (Å²) in [6.07, 6.45) is 0. The van der Waals surface area contributed by atoms with Gasteiger partial charge < -0.3 is 5.32 Å². The molecule has 2 N–H and O–H groups in total. The Morgan fingerprint density at radius 1 is 1.04 bits per heavy atom. The molecule has 0 bridgehead atoms.